The quantitative estimate of drug-likeness (QED) is 0.720. The molecule has 3 aromatic rings. The average molecular weight is 337 g/mol. The molecule has 6 heteroatoms. The van der Waals surface area contributed by atoms with Crippen LogP contribution in [-0.2, 0) is 17.6 Å². The number of benzene rings is 2. The van der Waals surface area contributed by atoms with Crippen molar-refractivity contribution >= 4 is 22.9 Å². The summed E-state index contributed by atoms with van der Waals surface area (Å²) in [4.78, 5) is 27.6. The third kappa shape index (κ3) is 4.03. The van der Waals surface area contributed by atoms with Crippen molar-refractivity contribution in [3.63, 3.8) is 0 Å². The number of aryl methyl sites for hydroxylation is 2. The molecule has 0 saturated heterocycles. The Morgan fingerprint density at radius 2 is 1.92 bits per heavy atom. The zero-order chi connectivity index (χ0) is 17.8. The molecule has 0 saturated carbocycles. The number of carbonyl (C=O) groups is 2. The standard InChI is InChI=1S/C19H19N3O3/c1-12(18(20)23)21-19(24)14-8-9-16-15(11-14)22-17(25-16)10-7-13-5-3-2-4-6-13/h2-6,8-9,11-12H,7,10H2,1H3,(H2,20,23)(H,21,24)/t12-/m0/s1. The number of aromatic nitrogens is 1. The van der Waals surface area contributed by atoms with Crippen LogP contribution in [0.5, 0.6) is 0 Å². The van der Waals surface area contributed by atoms with Crippen molar-refractivity contribution in [2.24, 2.45) is 5.73 Å². The van der Waals surface area contributed by atoms with Crippen LogP contribution in [0.1, 0.15) is 28.7 Å². The van der Waals surface area contributed by atoms with Gasteiger partial charge >= 0.3 is 0 Å². The minimum atomic E-state index is -0.734. The van der Waals surface area contributed by atoms with Gasteiger partial charge in [-0.3, -0.25) is 9.59 Å². The topological polar surface area (TPSA) is 98.2 Å². The van der Waals surface area contributed by atoms with Gasteiger partial charge in [-0.2, -0.15) is 0 Å². The van der Waals surface area contributed by atoms with E-state index >= 15 is 0 Å². The van der Waals surface area contributed by atoms with Gasteiger partial charge in [0, 0.05) is 12.0 Å². The van der Waals surface area contributed by atoms with Crippen LogP contribution < -0.4 is 11.1 Å². The molecule has 0 bridgehead atoms. The van der Waals surface area contributed by atoms with Crippen LogP contribution >= 0.6 is 0 Å². The van der Waals surface area contributed by atoms with E-state index in [1.807, 2.05) is 18.2 Å². The molecule has 0 aliphatic carbocycles. The Balaban J connectivity index is 1.73. The molecule has 3 rings (SSSR count). The molecule has 1 atom stereocenters. The van der Waals surface area contributed by atoms with E-state index in [-0.39, 0.29) is 5.91 Å². The SMILES string of the molecule is C[C@H](NC(=O)c1ccc2oc(CCc3ccccc3)nc2c1)C(N)=O. The number of nitrogens with two attached hydrogens (primary N) is 1. The van der Waals surface area contributed by atoms with E-state index in [1.165, 1.54) is 12.5 Å². The molecular weight excluding hydrogens is 318 g/mol. The summed E-state index contributed by atoms with van der Waals surface area (Å²) < 4.78 is 5.73. The van der Waals surface area contributed by atoms with E-state index in [0.29, 0.717) is 29.0 Å². The molecule has 0 aliphatic heterocycles. The molecule has 1 aromatic heterocycles. The smallest absolute Gasteiger partial charge is 0.252 e. The zero-order valence-corrected chi connectivity index (χ0v) is 13.9. The fraction of sp³-hybridized carbons (Fsp3) is 0.211. The number of carbonyl (C=O) groups excluding carboxylic acids is 2. The Bertz CT molecular complexity index is 903. The van der Waals surface area contributed by atoms with E-state index in [1.54, 1.807) is 18.2 Å². The lowest BCUT2D eigenvalue weighted by Gasteiger charge is -2.09. The molecular formula is C19H19N3O3. The molecule has 128 valence electrons. The third-order valence-corrected chi connectivity index (χ3v) is 3.94. The minimum absolute atomic E-state index is 0.373. The van der Waals surface area contributed by atoms with Crippen LogP contribution in [0.2, 0.25) is 0 Å². The summed E-state index contributed by atoms with van der Waals surface area (Å²) in [5, 5.41) is 2.54. The predicted octanol–water partition coefficient (Wildman–Crippen LogP) is 2.22. The molecule has 3 N–H and O–H groups in total. The van der Waals surface area contributed by atoms with Gasteiger partial charge in [0.15, 0.2) is 11.5 Å². The van der Waals surface area contributed by atoms with Crippen molar-refractivity contribution in [3.8, 4) is 0 Å². The van der Waals surface area contributed by atoms with E-state index in [4.69, 9.17) is 10.2 Å². The van der Waals surface area contributed by atoms with E-state index in [9.17, 15) is 9.59 Å². The molecule has 0 radical (unpaired) electrons. The summed E-state index contributed by atoms with van der Waals surface area (Å²) in [5.41, 5.74) is 8.02. The number of oxazole rings is 1. The number of nitrogens with zero attached hydrogens (tertiary/aromatic N) is 1. The lowest BCUT2D eigenvalue weighted by Crippen LogP contribution is -2.42. The van der Waals surface area contributed by atoms with Gasteiger partial charge in [-0.15, -0.1) is 0 Å². The average Bonchev–Trinajstić information content (AvgIpc) is 3.02. The highest BCUT2D eigenvalue weighted by atomic mass is 16.3. The molecule has 0 aliphatic rings. The van der Waals surface area contributed by atoms with Crippen LogP contribution in [0.15, 0.2) is 52.9 Å². The first-order chi connectivity index (χ1) is 12.0. The summed E-state index contributed by atoms with van der Waals surface area (Å²) >= 11 is 0. The predicted molar refractivity (Wildman–Crippen MR) is 94.0 cm³/mol. The first-order valence-corrected chi connectivity index (χ1v) is 8.06. The van der Waals surface area contributed by atoms with Crippen molar-refractivity contribution in [2.75, 3.05) is 0 Å². The van der Waals surface area contributed by atoms with Gasteiger partial charge in [-0.05, 0) is 37.1 Å². The number of hydrogen-bond donors (Lipinski definition) is 2. The Hall–Kier alpha value is -3.15. The largest absolute Gasteiger partial charge is 0.441 e. The molecule has 25 heavy (non-hydrogen) atoms. The minimum Gasteiger partial charge on any atom is -0.441 e. The second-order valence-corrected chi connectivity index (χ2v) is 5.87. The molecule has 0 unspecified atom stereocenters. The third-order valence-electron chi connectivity index (χ3n) is 3.94. The Kier molecular flexibility index (Phi) is 4.79. The van der Waals surface area contributed by atoms with Gasteiger partial charge in [0.05, 0.1) is 0 Å². The maximum absolute atomic E-state index is 12.1. The number of hydrogen-bond acceptors (Lipinski definition) is 4. The van der Waals surface area contributed by atoms with Crippen molar-refractivity contribution in [3.05, 3.63) is 65.5 Å². The highest BCUT2D eigenvalue weighted by Gasteiger charge is 2.15. The van der Waals surface area contributed by atoms with Crippen molar-refractivity contribution in [2.45, 2.75) is 25.8 Å². The number of rotatable bonds is 6. The van der Waals surface area contributed by atoms with Crippen LogP contribution in [0, 0.1) is 0 Å². The molecule has 6 nitrogen and oxygen atoms in total. The van der Waals surface area contributed by atoms with Gasteiger partial charge in [0.1, 0.15) is 11.6 Å². The number of nitrogens with one attached hydrogen (secondary N) is 1. The monoisotopic (exact) mass is 337 g/mol. The second kappa shape index (κ2) is 7.17. The molecule has 0 spiro atoms. The van der Waals surface area contributed by atoms with Gasteiger partial charge < -0.3 is 15.5 Å². The second-order valence-electron chi connectivity index (χ2n) is 5.87. The maximum atomic E-state index is 12.1. The molecule has 2 aromatic carbocycles. The molecule has 0 fully saturated rings. The summed E-state index contributed by atoms with van der Waals surface area (Å²) in [6, 6.07) is 14.4. The van der Waals surface area contributed by atoms with Gasteiger partial charge in [0.2, 0.25) is 5.91 Å². The summed E-state index contributed by atoms with van der Waals surface area (Å²) in [7, 11) is 0. The van der Waals surface area contributed by atoms with Gasteiger partial charge in [0.25, 0.3) is 5.91 Å². The molecule has 1 heterocycles. The fourth-order valence-electron chi connectivity index (χ4n) is 2.47. The summed E-state index contributed by atoms with van der Waals surface area (Å²) in [5.74, 6) is -0.331. The van der Waals surface area contributed by atoms with E-state index in [0.717, 1.165) is 6.42 Å². The van der Waals surface area contributed by atoms with Crippen molar-refractivity contribution in [1.82, 2.24) is 10.3 Å². The van der Waals surface area contributed by atoms with E-state index in [2.05, 4.69) is 22.4 Å². The highest BCUT2D eigenvalue weighted by molar-refractivity contribution is 5.99. The zero-order valence-electron chi connectivity index (χ0n) is 13.9. The number of fused-ring (bicyclic) bond motifs is 1. The van der Waals surface area contributed by atoms with Crippen LogP contribution in [0.3, 0.4) is 0 Å². The fourth-order valence-corrected chi connectivity index (χ4v) is 2.47. The van der Waals surface area contributed by atoms with Crippen LogP contribution in [-0.4, -0.2) is 22.8 Å². The molecule has 2 amide bonds. The lowest BCUT2D eigenvalue weighted by molar-refractivity contribution is -0.119. The van der Waals surface area contributed by atoms with Crippen molar-refractivity contribution in [1.29, 1.82) is 0 Å². The summed E-state index contributed by atoms with van der Waals surface area (Å²) in [6.07, 6.45) is 1.51. The number of amides is 2. The first-order valence-electron chi connectivity index (χ1n) is 8.06. The van der Waals surface area contributed by atoms with Crippen molar-refractivity contribution < 1.29 is 14.0 Å². The van der Waals surface area contributed by atoms with Crippen LogP contribution in [0.4, 0.5) is 0 Å². The highest BCUT2D eigenvalue weighted by Crippen LogP contribution is 2.18. The number of primary amides is 1. The van der Waals surface area contributed by atoms with Gasteiger partial charge in [-0.1, -0.05) is 30.3 Å². The Morgan fingerprint density at radius 1 is 1.16 bits per heavy atom. The van der Waals surface area contributed by atoms with Gasteiger partial charge in [-0.25, -0.2) is 4.98 Å². The van der Waals surface area contributed by atoms with E-state index < -0.39 is 11.9 Å². The maximum Gasteiger partial charge on any atom is 0.252 e. The lowest BCUT2D eigenvalue weighted by atomic mass is 10.1. The Labute approximate surface area is 145 Å². The summed E-state index contributed by atoms with van der Waals surface area (Å²) in [6.45, 7) is 1.54. The van der Waals surface area contributed by atoms with Crippen LogP contribution in [0.25, 0.3) is 11.1 Å². The first kappa shape index (κ1) is 16.7. The normalized spacial score (nSPS) is 12.0. The Morgan fingerprint density at radius 3 is 2.64 bits per heavy atom.